The molecule has 0 atom stereocenters. The van der Waals surface area contributed by atoms with Gasteiger partial charge in [0.25, 0.3) is 15.9 Å². The monoisotopic (exact) mass is 508 g/mol. The summed E-state index contributed by atoms with van der Waals surface area (Å²) >= 11 is 12.0. The minimum Gasteiger partial charge on any atom is -0.494 e. The molecule has 1 amide bonds. The highest BCUT2D eigenvalue weighted by molar-refractivity contribution is 7.92. The van der Waals surface area contributed by atoms with E-state index in [1.54, 1.807) is 49.4 Å². The first-order valence-corrected chi connectivity index (χ1v) is 12.2. The van der Waals surface area contributed by atoms with Crippen LogP contribution in [0.1, 0.15) is 12.5 Å². The van der Waals surface area contributed by atoms with E-state index in [4.69, 9.17) is 32.7 Å². The smallest absolute Gasteiger partial charge is 0.262 e. The maximum absolute atomic E-state index is 12.7. The summed E-state index contributed by atoms with van der Waals surface area (Å²) in [5.74, 6) is 0.592. The fourth-order valence-electron chi connectivity index (χ4n) is 2.88. The first-order valence-electron chi connectivity index (χ1n) is 9.92. The highest BCUT2D eigenvalue weighted by atomic mass is 35.5. The van der Waals surface area contributed by atoms with E-state index in [0.717, 1.165) is 0 Å². The van der Waals surface area contributed by atoms with Crippen LogP contribution in [0.3, 0.4) is 0 Å². The lowest BCUT2D eigenvalue weighted by atomic mass is 10.2. The van der Waals surface area contributed by atoms with E-state index in [2.05, 4.69) is 10.0 Å². The van der Waals surface area contributed by atoms with Crippen molar-refractivity contribution in [1.29, 1.82) is 0 Å². The highest BCUT2D eigenvalue weighted by Gasteiger charge is 2.17. The summed E-state index contributed by atoms with van der Waals surface area (Å²) in [4.78, 5) is 12.3. The van der Waals surface area contributed by atoms with Crippen LogP contribution in [0.4, 0.5) is 11.4 Å². The molecule has 3 rings (SSSR count). The van der Waals surface area contributed by atoms with Crippen LogP contribution in [0.25, 0.3) is 0 Å². The molecule has 33 heavy (non-hydrogen) atoms. The van der Waals surface area contributed by atoms with Crippen molar-refractivity contribution in [2.24, 2.45) is 0 Å². The third kappa shape index (κ3) is 6.54. The molecule has 0 radical (unpaired) electrons. The first-order chi connectivity index (χ1) is 15.7. The van der Waals surface area contributed by atoms with Crippen LogP contribution in [0.2, 0.25) is 10.0 Å². The van der Waals surface area contributed by atoms with Crippen LogP contribution < -0.4 is 19.5 Å². The van der Waals surface area contributed by atoms with Crippen molar-refractivity contribution in [3.8, 4) is 11.5 Å². The molecule has 2 N–H and O–H groups in total. The predicted octanol–water partition coefficient (Wildman–Crippen LogP) is 5.52. The van der Waals surface area contributed by atoms with E-state index in [1.807, 2.05) is 6.92 Å². The topological polar surface area (TPSA) is 93.7 Å². The molecular weight excluding hydrogens is 487 g/mol. The molecule has 0 heterocycles. The molecule has 0 saturated carbocycles. The number of benzene rings is 3. The zero-order valence-corrected chi connectivity index (χ0v) is 20.2. The van der Waals surface area contributed by atoms with Crippen molar-refractivity contribution in [1.82, 2.24) is 0 Å². The quantitative estimate of drug-likeness (QED) is 0.396. The SMILES string of the molecule is CCOc1ccc(NS(=O)(=O)c2ccc(OCC(=O)Nc3cccc(Cl)c3Cl)c(C)c2)cc1. The van der Waals surface area contributed by atoms with Gasteiger partial charge in [0, 0.05) is 5.69 Å². The van der Waals surface area contributed by atoms with Gasteiger partial charge in [-0.05, 0) is 74.0 Å². The molecule has 0 bridgehead atoms. The van der Waals surface area contributed by atoms with Crippen molar-refractivity contribution in [2.45, 2.75) is 18.7 Å². The molecule has 10 heteroatoms. The number of ether oxygens (including phenoxy) is 2. The molecule has 0 fully saturated rings. The van der Waals surface area contributed by atoms with E-state index < -0.39 is 15.9 Å². The zero-order valence-electron chi connectivity index (χ0n) is 17.9. The largest absolute Gasteiger partial charge is 0.494 e. The van der Waals surface area contributed by atoms with Gasteiger partial charge in [-0.1, -0.05) is 29.3 Å². The van der Waals surface area contributed by atoms with Crippen molar-refractivity contribution < 1.29 is 22.7 Å². The molecule has 0 spiro atoms. The second-order valence-corrected chi connectivity index (χ2v) is 9.40. The van der Waals surface area contributed by atoms with Gasteiger partial charge in [-0.25, -0.2) is 8.42 Å². The summed E-state index contributed by atoms with van der Waals surface area (Å²) in [7, 11) is -3.81. The van der Waals surface area contributed by atoms with Crippen LogP contribution >= 0.6 is 23.2 Å². The maximum Gasteiger partial charge on any atom is 0.262 e. The number of amides is 1. The Labute approximate surface area is 202 Å². The van der Waals surface area contributed by atoms with E-state index in [1.165, 1.54) is 18.2 Å². The molecule has 0 aliphatic rings. The molecular formula is C23H22Cl2N2O5S. The number of anilines is 2. The van der Waals surface area contributed by atoms with Gasteiger partial charge in [0.15, 0.2) is 6.61 Å². The number of hydrogen-bond donors (Lipinski definition) is 2. The number of nitrogens with one attached hydrogen (secondary N) is 2. The lowest BCUT2D eigenvalue weighted by Gasteiger charge is -2.13. The summed E-state index contributed by atoms with van der Waals surface area (Å²) < 4.78 is 38.9. The Balaban J connectivity index is 1.63. The molecule has 0 aliphatic heterocycles. The molecule has 3 aromatic carbocycles. The number of rotatable bonds is 9. The van der Waals surface area contributed by atoms with Gasteiger partial charge < -0.3 is 14.8 Å². The van der Waals surface area contributed by atoms with Crippen LogP contribution in [0, 0.1) is 6.92 Å². The Bertz CT molecular complexity index is 1250. The van der Waals surface area contributed by atoms with Crippen LogP contribution in [0.15, 0.2) is 65.6 Å². The van der Waals surface area contributed by atoms with Gasteiger partial charge in [-0.15, -0.1) is 0 Å². The average Bonchev–Trinajstić information content (AvgIpc) is 2.77. The summed E-state index contributed by atoms with van der Waals surface area (Å²) in [6.07, 6.45) is 0. The Kier molecular flexibility index (Phi) is 8.07. The third-order valence-corrected chi connectivity index (χ3v) is 6.66. The minimum absolute atomic E-state index is 0.0661. The maximum atomic E-state index is 12.7. The van der Waals surface area contributed by atoms with E-state index in [9.17, 15) is 13.2 Å². The van der Waals surface area contributed by atoms with E-state index in [-0.39, 0.29) is 16.5 Å². The number of halogens is 2. The van der Waals surface area contributed by atoms with Gasteiger partial charge in [-0.3, -0.25) is 9.52 Å². The second-order valence-electron chi connectivity index (χ2n) is 6.93. The lowest BCUT2D eigenvalue weighted by Crippen LogP contribution is -2.20. The fraction of sp³-hybridized carbons (Fsp3) is 0.174. The normalized spacial score (nSPS) is 11.0. The molecule has 3 aromatic rings. The summed E-state index contributed by atoms with van der Waals surface area (Å²) in [5, 5.41) is 3.18. The molecule has 0 aliphatic carbocycles. The first kappa shape index (κ1) is 24.7. The van der Waals surface area contributed by atoms with Crippen LogP contribution in [-0.2, 0) is 14.8 Å². The van der Waals surface area contributed by atoms with Crippen molar-refractivity contribution in [3.05, 3.63) is 76.3 Å². The van der Waals surface area contributed by atoms with Crippen molar-refractivity contribution >= 4 is 50.5 Å². The fourth-order valence-corrected chi connectivity index (χ4v) is 4.37. The Hall–Kier alpha value is -2.94. The molecule has 7 nitrogen and oxygen atoms in total. The standard InChI is InChI=1S/C23H22Cl2N2O5S/c1-3-31-17-9-7-16(8-10-17)27-33(29,30)18-11-12-21(15(2)13-18)32-14-22(28)26-20-6-4-5-19(24)23(20)25/h4-13,27H,3,14H2,1-2H3,(H,26,28). The van der Waals surface area contributed by atoms with Gasteiger partial charge in [0.1, 0.15) is 11.5 Å². The van der Waals surface area contributed by atoms with Gasteiger partial charge >= 0.3 is 0 Å². The predicted molar refractivity (Wildman–Crippen MR) is 130 cm³/mol. The van der Waals surface area contributed by atoms with Gasteiger partial charge in [0.05, 0.1) is 27.2 Å². The average molecular weight is 509 g/mol. The van der Waals surface area contributed by atoms with Gasteiger partial charge in [-0.2, -0.15) is 0 Å². The van der Waals surface area contributed by atoms with E-state index >= 15 is 0 Å². The van der Waals surface area contributed by atoms with Crippen LogP contribution in [0.5, 0.6) is 11.5 Å². The summed E-state index contributed by atoms with van der Waals surface area (Å²) in [6.45, 7) is 3.79. The number of carbonyl (C=O) groups is 1. The highest BCUT2D eigenvalue weighted by Crippen LogP contribution is 2.29. The van der Waals surface area contributed by atoms with Gasteiger partial charge in [0.2, 0.25) is 0 Å². The van der Waals surface area contributed by atoms with Crippen molar-refractivity contribution in [2.75, 3.05) is 23.3 Å². The Morgan fingerprint density at radius 2 is 1.73 bits per heavy atom. The molecule has 174 valence electrons. The minimum atomic E-state index is -3.81. The summed E-state index contributed by atoms with van der Waals surface area (Å²) in [6, 6.07) is 15.9. The lowest BCUT2D eigenvalue weighted by molar-refractivity contribution is -0.118. The number of aryl methyl sites for hydroxylation is 1. The number of sulfonamides is 1. The Morgan fingerprint density at radius 3 is 2.39 bits per heavy atom. The molecule has 0 unspecified atom stereocenters. The zero-order chi connectivity index (χ0) is 24.0. The third-order valence-electron chi connectivity index (χ3n) is 4.46. The number of carbonyl (C=O) groups excluding carboxylic acids is 1. The second kappa shape index (κ2) is 10.8. The molecule has 0 saturated heterocycles. The Morgan fingerprint density at radius 1 is 1.00 bits per heavy atom. The van der Waals surface area contributed by atoms with Crippen molar-refractivity contribution in [3.63, 3.8) is 0 Å². The number of hydrogen-bond acceptors (Lipinski definition) is 5. The summed E-state index contributed by atoms with van der Waals surface area (Å²) in [5.41, 5.74) is 1.34. The molecule has 0 aromatic heterocycles. The van der Waals surface area contributed by atoms with Crippen LogP contribution in [-0.4, -0.2) is 27.5 Å². The van der Waals surface area contributed by atoms with E-state index in [0.29, 0.717) is 40.1 Å².